The van der Waals surface area contributed by atoms with Crippen molar-refractivity contribution in [2.24, 2.45) is 17.3 Å². The van der Waals surface area contributed by atoms with Gasteiger partial charge in [0, 0.05) is 16.6 Å². The summed E-state index contributed by atoms with van der Waals surface area (Å²) in [6.07, 6.45) is 2.88. The van der Waals surface area contributed by atoms with Crippen LogP contribution < -0.4 is 10.6 Å². The predicted octanol–water partition coefficient (Wildman–Crippen LogP) is 4.72. The minimum atomic E-state index is 0.00207. The van der Waals surface area contributed by atoms with Gasteiger partial charge in [-0.2, -0.15) is 0 Å². The van der Waals surface area contributed by atoms with Crippen LogP contribution in [-0.4, -0.2) is 11.0 Å². The summed E-state index contributed by atoms with van der Waals surface area (Å²) < 4.78 is 1.01. The lowest BCUT2D eigenvalue weighted by atomic mass is 9.53. The van der Waals surface area contributed by atoms with Crippen LogP contribution >= 0.6 is 28.1 Å². The number of anilines is 1. The second-order valence-corrected chi connectivity index (χ2v) is 7.90. The van der Waals surface area contributed by atoms with E-state index >= 15 is 0 Å². The van der Waals surface area contributed by atoms with Crippen LogP contribution in [0.15, 0.2) is 28.7 Å². The first kappa shape index (κ1) is 17.4. The van der Waals surface area contributed by atoms with Gasteiger partial charge in [-0.3, -0.25) is 4.79 Å². The number of halogens is 1. The van der Waals surface area contributed by atoms with Gasteiger partial charge in [0.1, 0.15) is 0 Å². The lowest BCUT2D eigenvalue weighted by Crippen LogP contribution is -2.47. The molecule has 1 aliphatic rings. The van der Waals surface area contributed by atoms with Crippen molar-refractivity contribution in [3.05, 3.63) is 28.7 Å². The molecule has 0 radical (unpaired) electrons. The van der Waals surface area contributed by atoms with Gasteiger partial charge in [-0.05, 0) is 60.2 Å². The number of nitrogens with one attached hydrogen (secondary N) is 2. The van der Waals surface area contributed by atoms with E-state index in [0.717, 1.165) is 22.5 Å². The normalized spacial score (nSPS) is 22.5. The fourth-order valence-corrected chi connectivity index (χ4v) is 3.76. The van der Waals surface area contributed by atoms with Crippen LogP contribution in [-0.2, 0) is 4.79 Å². The SMILES string of the molecule is CC[C@H]1C[C@H](CC(=O)NC(=S)Nc2ccc(Br)cc2)C1(C)C. The van der Waals surface area contributed by atoms with E-state index in [-0.39, 0.29) is 11.3 Å². The topological polar surface area (TPSA) is 41.1 Å². The van der Waals surface area contributed by atoms with Gasteiger partial charge in [0.25, 0.3) is 0 Å². The summed E-state index contributed by atoms with van der Waals surface area (Å²) in [5.41, 5.74) is 1.12. The van der Waals surface area contributed by atoms with Gasteiger partial charge >= 0.3 is 0 Å². The Labute approximate surface area is 146 Å². The lowest BCUT2D eigenvalue weighted by molar-refractivity contribution is -0.125. The third kappa shape index (κ3) is 4.07. The third-order valence-electron chi connectivity index (χ3n) is 4.95. The molecule has 1 fully saturated rings. The van der Waals surface area contributed by atoms with E-state index in [1.165, 1.54) is 6.42 Å². The molecule has 5 heteroatoms. The van der Waals surface area contributed by atoms with Crippen LogP contribution in [0.4, 0.5) is 5.69 Å². The highest BCUT2D eigenvalue weighted by atomic mass is 79.9. The second-order valence-electron chi connectivity index (χ2n) is 6.57. The standard InChI is InChI=1S/C17H23BrN2OS/c1-4-11-9-12(17(11,2)3)10-15(21)20-16(22)19-14-7-5-13(18)6-8-14/h5-8,11-12H,4,9-10H2,1-3H3,(H2,19,20,21,22)/t11-,12+/m0/s1. The molecule has 0 heterocycles. The molecular weight excluding hydrogens is 360 g/mol. The average molecular weight is 383 g/mol. The Hall–Kier alpha value is -0.940. The van der Waals surface area contributed by atoms with Gasteiger partial charge in [-0.1, -0.05) is 43.1 Å². The van der Waals surface area contributed by atoms with Crippen LogP contribution in [0.2, 0.25) is 0 Å². The number of carbonyl (C=O) groups excluding carboxylic acids is 1. The van der Waals surface area contributed by atoms with Gasteiger partial charge in [0.2, 0.25) is 5.91 Å². The van der Waals surface area contributed by atoms with E-state index in [2.05, 4.69) is 47.3 Å². The van der Waals surface area contributed by atoms with Gasteiger partial charge in [0.15, 0.2) is 5.11 Å². The lowest BCUT2D eigenvalue weighted by Gasteiger charge is -2.52. The molecule has 1 aliphatic carbocycles. The Bertz CT molecular complexity index is 556. The molecule has 22 heavy (non-hydrogen) atoms. The monoisotopic (exact) mass is 382 g/mol. The van der Waals surface area contributed by atoms with E-state index in [0.29, 0.717) is 17.5 Å². The van der Waals surface area contributed by atoms with E-state index in [9.17, 15) is 4.79 Å². The molecule has 1 amide bonds. The van der Waals surface area contributed by atoms with Crippen LogP contribution in [0.25, 0.3) is 0 Å². The molecule has 3 nitrogen and oxygen atoms in total. The first-order valence-electron chi connectivity index (χ1n) is 7.69. The van der Waals surface area contributed by atoms with Crippen molar-refractivity contribution in [3.63, 3.8) is 0 Å². The Morgan fingerprint density at radius 1 is 1.32 bits per heavy atom. The average Bonchev–Trinajstić information content (AvgIpc) is 2.45. The molecule has 120 valence electrons. The zero-order chi connectivity index (χ0) is 16.3. The smallest absolute Gasteiger partial charge is 0.226 e. The Morgan fingerprint density at radius 3 is 2.50 bits per heavy atom. The Balaban J connectivity index is 1.80. The molecule has 1 aromatic rings. The highest BCUT2D eigenvalue weighted by Gasteiger charge is 2.47. The number of amides is 1. The molecule has 2 atom stereocenters. The van der Waals surface area contributed by atoms with Crippen molar-refractivity contribution in [2.45, 2.75) is 40.0 Å². The highest BCUT2D eigenvalue weighted by molar-refractivity contribution is 9.10. The number of rotatable bonds is 4. The summed E-state index contributed by atoms with van der Waals surface area (Å²) in [7, 11) is 0. The maximum Gasteiger partial charge on any atom is 0.226 e. The largest absolute Gasteiger partial charge is 0.332 e. The fraction of sp³-hybridized carbons (Fsp3) is 0.529. The summed E-state index contributed by atoms with van der Waals surface area (Å²) in [5.74, 6) is 1.19. The van der Waals surface area contributed by atoms with Crippen molar-refractivity contribution in [1.29, 1.82) is 0 Å². The Kier molecular flexibility index (Phi) is 5.61. The van der Waals surface area contributed by atoms with Crippen LogP contribution in [0, 0.1) is 17.3 Å². The van der Waals surface area contributed by atoms with Gasteiger partial charge in [0.05, 0.1) is 0 Å². The molecule has 0 aliphatic heterocycles. The number of hydrogen-bond acceptors (Lipinski definition) is 2. The zero-order valence-electron chi connectivity index (χ0n) is 13.3. The quantitative estimate of drug-likeness (QED) is 0.739. The van der Waals surface area contributed by atoms with Crippen LogP contribution in [0.1, 0.15) is 40.0 Å². The summed E-state index contributed by atoms with van der Waals surface area (Å²) in [4.78, 5) is 12.1. The second kappa shape index (κ2) is 7.09. The highest BCUT2D eigenvalue weighted by Crippen LogP contribution is 2.54. The number of benzene rings is 1. The molecule has 0 unspecified atom stereocenters. The number of thiocarbonyl (C=S) groups is 1. The van der Waals surface area contributed by atoms with E-state index < -0.39 is 0 Å². The van der Waals surface area contributed by atoms with Gasteiger partial charge in [-0.25, -0.2) is 0 Å². The first-order chi connectivity index (χ1) is 10.3. The fourth-order valence-electron chi connectivity index (χ4n) is 3.26. The molecule has 2 N–H and O–H groups in total. The summed E-state index contributed by atoms with van der Waals surface area (Å²) in [6, 6.07) is 7.66. The van der Waals surface area contributed by atoms with E-state index in [4.69, 9.17) is 12.2 Å². The molecule has 1 saturated carbocycles. The summed E-state index contributed by atoms with van der Waals surface area (Å²) >= 11 is 8.59. The molecule has 1 aromatic carbocycles. The maximum atomic E-state index is 12.1. The molecular formula is C17H23BrN2OS. The summed E-state index contributed by atoms with van der Waals surface area (Å²) in [5, 5.41) is 6.17. The third-order valence-corrected chi connectivity index (χ3v) is 5.69. The van der Waals surface area contributed by atoms with Crippen LogP contribution in [0.5, 0.6) is 0 Å². The van der Waals surface area contributed by atoms with E-state index in [1.807, 2.05) is 24.3 Å². The van der Waals surface area contributed by atoms with Gasteiger partial charge < -0.3 is 10.6 Å². The van der Waals surface area contributed by atoms with Crippen molar-refractivity contribution in [1.82, 2.24) is 5.32 Å². The van der Waals surface area contributed by atoms with E-state index in [1.54, 1.807) is 0 Å². The van der Waals surface area contributed by atoms with Crippen molar-refractivity contribution in [2.75, 3.05) is 5.32 Å². The molecule has 2 rings (SSSR count). The van der Waals surface area contributed by atoms with Crippen LogP contribution in [0.3, 0.4) is 0 Å². The minimum absolute atomic E-state index is 0.00207. The molecule has 0 bridgehead atoms. The number of carbonyl (C=O) groups is 1. The van der Waals surface area contributed by atoms with Crippen molar-refractivity contribution < 1.29 is 4.79 Å². The Morgan fingerprint density at radius 2 is 1.95 bits per heavy atom. The van der Waals surface area contributed by atoms with Crippen molar-refractivity contribution in [3.8, 4) is 0 Å². The maximum absolute atomic E-state index is 12.1. The number of hydrogen-bond donors (Lipinski definition) is 2. The summed E-state index contributed by atoms with van der Waals surface area (Å²) in [6.45, 7) is 6.75. The predicted molar refractivity (Wildman–Crippen MR) is 98.8 cm³/mol. The van der Waals surface area contributed by atoms with Crippen molar-refractivity contribution >= 4 is 44.9 Å². The zero-order valence-corrected chi connectivity index (χ0v) is 15.7. The molecule has 0 saturated heterocycles. The minimum Gasteiger partial charge on any atom is -0.332 e. The van der Waals surface area contributed by atoms with Gasteiger partial charge in [-0.15, -0.1) is 0 Å². The molecule has 0 aromatic heterocycles. The first-order valence-corrected chi connectivity index (χ1v) is 8.89. The molecule has 0 spiro atoms.